The first-order valence-electron chi connectivity index (χ1n) is 14.3. The van der Waals surface area contributed by atoms with Gasteiger partial charge >= 0.3 is 12.1 Å². The maximum Gasteiger partial charge on any atom is 0.429 e. The Morgan fingerprint density at radius 1 is 1.19 bits per heavy atom. The van der Waals surface area contributed by atoms with E-state index in [4.69, 9.17) is 14.2 Å². The van der Waals surface area contributed by atoms with Crippen LogP contribution in [0.4, 0.5) is 19.0 Å². The minimum Gasteiger partial charge on any atom is -0.492 e. The second kappa shape index (κ2) is 13.2. The number of nitrogens with zero attached hydrogens (tertiary/aromatic N) is 3. The summed E-state index contributed by atoms with van der Waals surface area (Å²) in [5.74, 6) is 0.223. The maximum absolute atomic E-state index is 13.4. The molecule has 2 aromatic rings. The molecule has 8 nitrogen and oxygen atoms in total. The molecule has 43 heavy (non-hydrogen) atoms. The summed E-state index contributed by atoms with van der Waals surface area (Å²) >= 11 is 0. The summed E-state index contributed by atoms with van der Waals surface area (Å²) in [7, 11) is 3.81. The van der Waals surface area contributed by atoms with Crippen molar-refractivity contribution in [1.29, 1.82) is 0 Å². The molecule has 0 atom stereocenters. The Hall–Kier alpha value is -3.14. The van der Waals surface area contributed by atoms with E-state index in [0.717, 1.165) is 51.1 Å². The fourth-order valence-electron chi connectivity index (χ4n) is 5.31. The van der Waals surface area contributed by atoms with Gasteiger partial charge in [-0.2, -0.15) is 13.2 Å². The van der Waals surface area contributed by atoms with Crippen molar-refractivity contribution in [3.63, 3.8) is 0 Å². The summed E-state index contributed by atoms with van der Waals surface area (Å²) in [6, 6.07) is 7.66. The molecule has 2 aliphatic rings. The van der Waals surface area contributed by atoms with Crippen LogP contribution in [0.3, 0.4) is 0 Å². The lowest BCUT2D eigenvalue weighted by molar-refractivity contribution is -0.140. The highest BCUT2D eigenvalue weighted by Crippen LogP contribution is 2.42. The molecule has 12 heteroatoms. The zero-order valence-corrected chi connectivity index (χ0v) is 26.5. The molecular formula is C31H40F3N4O4P. The van der Waals surface area contributed by atoms with Crippen LogP contribution in [0.25, 0.3) is 5.57 Å². The number of hydrogen-bond acceptors (Lipinski definition) is 6. The largest absolute Gasteiger partial charge is 0.492 e. The standard InChI is InChI=1S/C31H40F3N4O4P/c1-19(2)42-29(39)24-17-38(18-30(5,6)25-20(3)27(36-26(24)25)35-21(4)31(32,33)34)28(43)22-7-9-23(10-8-22)41-16-13-37-11-14-40-15-12-37/h7-10,17,19,36,43H,11-16,18H2,1-6H3/b35-21+. The Bertz CT molecular complexity index is 1390. The molecule has 0 aliphatic carbocycles. The molecule has 0 radical (unpaired) electrons. The molecule has 0 spiro atoms. The van der Waals surface area contributed by atoms with E-state index in [1.165, 1.54) is 0 Å². The van der Waals surface area contributed by atoms with Crippen LogP contribution in [-0.2, 0) is 19.7 Å². The van der Waals surface area contributed by atoms with E-state index >= 15 is 0 Å². The first-order valence-corrected chi connectivity index (χ1v) is 14.8. The van der Waals surface area contributed by atoms with Crippen molar-refractivity contribution in [2.75, 3.05) is 46.0 Å². The Balaban J connectivity index is 1.63. The number of halogens is 3. The van der Waals surface area contributed by atoms with Gasteiger partial charge in [-0.3, -0.25) is 4.90 Å². The average Bonchev–Trinajstić information content (AvgIpc) is 3.20. The van der Waals surface area contributed by atoms with Gasteiger partial charge in [0.25, 0.3) is 0 Å². The zero-order chi connectivity index (χ0) is 31.5. The molecule has 0 bridgehead atoms. The summed E-state index contributed by atoms with van der Waals surface area (Å²) in [6.07, 6.45) is -3.29. The van der Waals surface area contributed by atoms with Gasteiger partial charge in [-0.1, -0.05) is 22.7 Å². The van der Waals surface area contributed by atoms with Gasteiger partial charge in [-0.05, 0) is 63.1 Å². The number of carbonyl (C=O) groups is 1. The third-order valence-electron chi connectivity index (χ3n) is 7.47. The van der Waals surface area contributed by atoms with Crippen molar-refractivity contribution < 1.29 is 32.2 Å². The topological polar surface area (TPSA) is 79.4 Å². The quantitative estimate of drug-likeness (QED) is 0.214. The number of benzene rings is 1. The molecule has 0 unspecified atom stereocenters. The van der Waals surface area contributed by atoms with E-state index in [9.17, 15) is 18.0 Å². The number of hydrogen-bond donors (Lipinski definition) is 1. The van der Waals surface area contributed by atoms with Crippen LogP contribution < -0.4 is 4.74 Å². The van der Waals surface area contributed by atoms with Crippen molar-refractivity contribution in [2.45, 2.75) is 59.2 Å². The number of rotatable bonds is 9. The second-order valence-electron chi connectivity index (χ2n) is 11.7. The van der Waals surface area contributed by atoms with Crippen LogP contribution in [0, 0.1) is 6.92 Å². The molecule has 1 aromatic carbocycles. The Morgan fingerprint density at radius 3 is 2.44 bits per heavy atom. The third-order valence-corrected chi connectivity index (χ3v) is 8.04. The predicted molar refractivity (Wildman–Crippen MR) is 165 cm³/mol. The number of aromatic amines is 1. The van der Waals surface area contributed by atoms with E-state index in [-0.39, 0.29) is 11.4 Å². The van der Waals surface area contributed by atoms with Crippen molar-refractivity contribution in [3.8, 4) is 5.75 Å². The van der Waals surface area contributed by atoms with Crippen LogP contribution >= 0.6 is 8.86 Å². The van der Waals surface area contributed by atoms with Gasteiger partial charge in [0.05, 0.1) is 36.0 Å². The highest BCUT2D eigenvalue weighted by Gasteiger charge is 2.38. The summed E-state index contributed by atoms with van der Waals surface area (Å²) in [5, 5.41) is 0. The van der Waals surface area contributed by atoms with Crippen molar-refractivity contribution in [2.24, 2.45) is 4.99 Å². The number of aromatic nitrogens is 1. The van der Waals surface area contributed by atoms with Gasteiger partial charge in [0.2, 0.25) is 0 Å². The van der Waals surface area contributed by atoms with Gasteiger partial charge in [0.15, 0.2) is 0 Å². The first kappa shape index (κ1) is 32.8. The van der Waals surface area contributed by atoms with E-state index in [1.807, 2.05) is 43.0 Å². The SMILES string of the molecule is C/C(=N\c1[nH]c2c(c1C)C(C)(C)CN(C(=P)c1ccc(OCCN3CCOCC3)cc1)C=C2C(=O)OC(C)C)C(F)(F)F. The predicted octanol–water partition coefficient (Wildman–Crippen LogP) is 5.90. The minimum absolute atomic E-state index is 0.0661. The monoisotopic (exact) mass is 620 g/mol. The zero-order valence-electron chi connectivity index (χ0n) is 25.5. The van der Waals surface area contributed by atoms with Crippen molar-refractivity contribution in [1.82, 2.24) is 14.8 Å². The van der Waals surface area contributed by atoms with Crippen LogP contribution in [0.2, 0.25) is 0 Å². The van der Waals surface area contributed by atoms with E-state index in [2.05, 4.69) is 23.7 Å². The van der Waals surface area contributed by atoms with E-state index in [0.29, 0.717) is 35.4 Å². The second-order valence-corrected chi connectivity index (χ2v) is 12.2. The molecule has 0 amide bonds. The van der Waals surface area contributed by atoms with Crippen molar-refractivity contribution >= 4 is 37.4 Å². The summed E-state index contributed by atoms with van der Waals surface area (Å²) in [4.78, 5) is 24.5. The lowest BCUT2D eigenvalue weighted by Gasteiger charge is -2.32. The summed E-state index contributed by atoms with van der Waals surface area (Å²) in [5.41, 5.74) is 1.82. The third kappa shape index (κ3) is 7.88. The number of carbonyl (C=O) groups excluding carboxylic acids is 1. The molecule has 0 saturated carbocycles. The highest BCUT2D eigenvalue weighted by molar-refractivity contribution is 7.21. The molecule has 4 rings (SSSR count). The van der Waals surface area contributed by atoms with Crippen LogP contribution in [0.1, 0.15) is 57.0 Å². The Labute approximate surface area is 253 Å². The van der Waals surface area contributed by atoms with E-state index < -0.39 is 29.4 Å². The van der Waals surface area contributed by atoms with Crippen LogP contribution in [0.15, 0.2) is 35.5 Å². The number of fused-ring (bicyclic) bond motifs is 1. The van der Waals surface area contributed by atoms with Gasteiger partial charge in [0, 0.05) is 43.4 Å². The maximum atomic E-state index is 13.4. The molecule has 1 saturated heterocycles. The number of alkyl halides is 3. The van der Waals surface area contributed by atoms with Crippen LogP contribution in [-0.4, -0.2) is 90.2 Å². The lowest BCUT2D eigenvalue weighted by atomic mass is 9.81. The summed E-state index contributed by atoms with van der Waals surface area (Å²) < 4.78 is 56.9. The fraction of sp³-hybridized carbons (Fsp3) is 0.516. The molecule has 2 aliphatic heterocycles. The van der Waals surface area contributed by atoms with Crippen LogP contribution in [0.5, 0.6) is 5.75 Å². The summed E-state index contributed by atoms with van der Waals surface area (Å²) in [6.45, 7) is 15.2. The van der Waals surface area contributed by atoms with Gasteiger partial charge in [-0.15, -0.1) is 0 Å². The van der Waals surface area contributed by atoms with Gasteiger partial charge in [0.1, 0.15) is 23.9 Å². The number of aliphatic imine (C=N–C) groups is 1. The number of esters is 1. The molecular weight excluding hydrogens is 580 g/mol. The number of nitrogens with one attached hydrogen (secondary N) is 1. The first-order chi connectivity index (χ1) is 20.2. The Morgan fingerprint density at radius 2 is 1.84 bits per heavy atom. The van der Waals surface area contributed by atoms with Crippen molar-refractivity contribution in [3.05, 3.63) is 52.8 Å². The molecule has 1 aromatic heterocycles. The number of ether oxygens (including phenoxy) is 3. The van der Waals surface area contributed by atoms with Gasteiger partial charge in [-0.25, -0.2) is 9.79 Å². The van der Waals surface area contributed by atoms with Gasteiger partial charge < -0.3 is 24.1 Å². The number of morpholine rings is 1. The highest BCUT2D eigenvalue weighted by atomic mass is 31.0. The lowest BCUT2D eigenvalue weighted by Crippen LogP contribution is -2.38. The molecule has 1 N–H and O–H groups in total. The molecule has 1 fully saturated rings. The fourth-order valence-corrected chi connectivity index (χ4v) is 5.62. The minimum atomic E-state index is -4.57. The normalized spacial score (nSPS) is 17.8. The average molecular weight is 621 g/mol. The molecule has 234 valence electrons. The smallest absolute Gasteiger partial charge is 0.429 e. The number of H-pyrrole nitrogens is 1. The Kier molecular flexibility index (Phi) is 10.1. The van der Waals surface area contributed by atoms with E-state index in [1.54, 1.807) is 27.0 Å². The molecule has 3 heterocycles.